The van der Waals surface area contributed by atoms with Crippen molar-refractivity contribution >= 4 is 5.97 Å². The van der Waals surface area contributed by atoms with E-state index in [1.165, 1.54) is 44.9 Å². The minimum atomic E-state index is -0.118. The van der Waals surface area contributed by atoms with Crippen LogP contribution in [0, 0.1) is 34.5 Å². The molecule has 4 rings (SSSR count). The van der Waals surface area contributed by atoms with Crippen LogP contribution in [0.25, 0.3) is 0 Å². The van der Waals surface area contributed by atoms with Gasteiger partial charge in [0.1, 0.15) is 6.10 Å². The van der Waals surface area contributed by atoms with E-state index in [9.17, 15) is 4.79 Å². The van der Waals surface area contributed by atoms with Crippen LogP contribution >= 0.6 is 0 Å². The highest BCUT2D eigenvalue weighted by Gasteiger charge is 2.58. The van der Waals surface area contributed by atoms with E-state index in [1.54, 1.807) is 12.5 Å². The highest BCUT2D eigenvalue weighted by molar-refractivity contribution is 5.66. The van der Waals surface area contributed by atoms with Crippen LogP contribution in [0.3, 0.4) is 0 Å². The second-order valence-electron chi connectivity index (χ2n) is 9.96. The lowest BCUT2D eigenvalue weighted by Gasteiger charge is -2.58. The van der Waals surface area contributed by atoms with Crippen molar-refractivity contribution in [1.29, 1.82) is 0 Å². The van der Waals surface area contributed by atoms with Crippen molar-refractivity contribution < 1.29 is 9.53 Å². The molecule has 2 heteroatoms. The van der Waals surface area contributed by atoms with Gasteiger partial charge in [-0.3, -0.25) is 4.79 Å². The first-order valence-corrected chi connectivity index (χ1v) is 10.7. The number of hydrogen-bond donors (Lipinski definition) is 0. The van der Waals surface area contributed by atoms with Gasteiger partial charge in [0, 0.05) is 13.3 Å². The van der Waals surface area contributed by atoms with Gasteiger partial charge in [-0.15, -0.1) is 0 Å². The molecule has 7 atom stereocenters. The maximum Gasteiger partial charge on any atom is 0.302 e. The molecule has 25 heavy (non-hydrogen) atoms. The third kappa shape index (κ3) is 2.61. The summed E-state index contributed by atoms with van der Waals surface area (Å²) >= 11 is 0. The average Bonchev–Trinajstić information content (AvgIpc) is 2.91. The second kappa shape index (κ2) is 6.13. The summed E-state index contributed by atoms with van der Waals surface area (Å²) in [5, 5.41) is 0. The summed E-state index contributed by atoms with van der Waals surface area (Å²) in [4.78, 5) is 11.4. The Morgan fingerprint density at radius 2 is 1.96 bits per heavy atom. The zero-order valence-corrected chi connectivity index (χ0v) is 16.6. The Morgan fingerprint density at radius 1 is 1.16 bits per heavy atom. The maximum absolute atomic E-state index is 11.4. The second-order valence-corrected chi connectivity index (χ2v) is 9.96. The van der Waals surface area contributed by atoms with E-state index >= 15 is 0 Å². The minimum absolute atomic E-state index is 0.118. The van der Waals surface area contributed by atoms with Crippen molar-refractivity contribution in [3.05, 3.63) is 11.6 Å². The molecule has 140 valence electrons. The molecule has 0 N–H and O–H groups in total. The summed E-state index contributed by atoms with van der Waals surface area (Å²) in [7, 11) is 0. The molecule has 3 fully saturated rings. The number of carbonyl (C=O) groups excluding carboxylic acids is 1. The van der Waals surface area contributed by atoms with Crippen LogP contribution in [0.5, 0.6) is 0 Å². The van der Waals surface area contributed by atoms with Gasteiger partial charge in [0.25, 0.3) is 0 Å². The van der Waals surface area contributed by atoms with Gasteiger partial charge in [0.15, 0.2) is 0 Å². The molecule has 0 saturated heterocycles. The molecule has 0 heterocycles. The van der Waals surface area contributed by atoms with Crippen molar-refractivity contribution in [2.45, 2.75) is 91.6 Å². The van der Waals surface area contributed by atoms with Crippen molar-refractivity contribution in [3.63, 3.8) is 0 Å². The van der Waals surface area contributed by atoms with Crippen LogP contribution in [0.2, 0.25) is 0 Å². The van der Waals surface area contributed by atoms with Gasteiger partial charge in [-0.25, -0.2) is 0 Å². The fourth-order valence-electron chi connectivity index (χ4n) is 7.74. The molecule has 4 aliphatic rings. The topological polar surface area (TPSA) is 26.3 Å². The zero-order valence-electron chi connectivity index (χ0n) is 16.6. The summed E-state index contributed by atoms with van der Waals surface area (Å²) in [6, 6.07) is 0. The molecule has 0 aromatic rings. The first-order chi connectivity index (χ1) is 11.9. The minimum Gasteiger partial charge on any atom is -0.462 e. The number of esters is 1. The van der Waals surface area contributed by atoms with E-state index in [2.05, 4.69) is 26.8 Å². The van der Waals surface area contributed by atoms with Gasteiger partial charge in [0.2, 0.25) is 0 Å². The molecule has 0 aliphatic heterocycles. The number of ether oxygens (including phenoxy) is 1. The zero-order chi connectivity index (χ0) is 17.8. The first-order valence-electron chi connectivity index (χ1n) is 10.7. The Morgan fingerprint density at radius 3 is 2.68 bits per heavy atom. The van der Waals surface area contributed by atoms with Crippen LogP contribution in [-0.2, 0) is 9.53 Å². The van der Waals surface area contributed by atoms with E-state index in [-0.39, 0.29) is 12.1 Å². The number of rotatable bonds is 2. The van der Waals surface area contributed by atoms with Gasteiger partial charge in [-0.05, 0) is 79.4 Å². The molecular formula is C23H36O2. The molecule has 3 saturated carbocycles. The normalized spacial score (nSPS) is 48.8. The predicted octanol–water partition coefficient (Wildman–Crippen LogP) is 5.91. The highest BCUT2D eigenvalue weighted by Crippen LogP contribution is 2.66. The Balaban J connectivity index is 1.58. The smallest absolute Gasteiger partial charge is 0.302 e. The van der Waals surface area contributed by atoms with E-state index in [1.807, 2.05) is 0 Å². The fraction of sp³-hybridized carbons (Fsp3) is 0.870. The number of fused-ring (bicyclic) bond motifs is 5. The summed E-state index contributed by atoms with van der Waals surface area (Å²) < 4.78 is 5.56. The third-order valence-electron chi connectivity index (χ3n) is 9.08. The molecule has 0 amide bonds. The van der Waals surface area contributed by atoms with Gasteiger partial charge in [0.05, 0.1) is 0 Å². The SMILES string of the molecule is CC[C@H]1CC[C@H]2[C@@H]3CC=C4C[C@@H](OC(C)=O)CC[C@]4(C)[C@H]3CC[C@]12C. The van der Waals surface area contributed by atoms with Gasteiger partial charge in [-0.2, -0.15) is 0 Å². The Hall–Kier alpha value is -0.790. The van der Waals surface area contributed by atoms with E-state index in [4.69, 9.17) is 4.74 Å². The molecular weight excluding hydrogens is 308 g/mol. The average molecular weight is 345 g/mol. The molecule has 0 bridgehead atoms. The molecule has 4 aliphatic carbocycles. The molecule has 0 unspecified atom stereocenters. The van der Waals surface area contributed by atoms with E-state index in [0.29, 0.717) is 10.8 Å². The van der Waals surface area contributed by atoms with Crippen LogP contribution in [0.4, 0.5) is 0 Å². The summed E-state index contributed by atoms with van der Waals surface area (Å²) in [5.41, 5.74) is 2.58. The number of carbonyl (C=O) groups is 1. The Bertz CT molecular complexity index is 579. The Labute approximate surface area is 153 Å². The molecule has 0 spiro atoms. The van der Waals surface area contributed by atoms with Gasteiger partial charge < -0.3 is 4.74 Å². The summed E-state index contributed by atoms with van der Waals surface area (Å²) in [5.74, 6) is 3.54. The Kier molecular flexibility index (Phi) is 4.32. The largest absolute Gasteiger partial charge is 0.462 e. The maximum atomic E-state index is 11.4. The lowest BCUT2D eigenvalue weighted by molar-refractivity contribution is -0.148. The highest BCUT2D eigenvalue weighted by atomic mass is 16.5. The standard InChI is InChI=1S/C23H36O2/c1-5-16-7-9-20-19-8-6-17-14-18(25-15(2)24)10-12-23(17,4)21(19)11-13-22(16,20)3/h6,16,18-21H,5,7-14H2,1-4H3/t16-,18-,19-,20-,21-,22+,23-/m0/s1. The van der Waals surface area contributed by atoms with Crippen molar-refractivity contribution in [2.75, 3.05) is 0 Å². The van der Waals surface area contributed by atoms with Gasteiger partial charge in [-0.1, -0.05) is 38.8 Å². The van der Waals surface area contributed by atoms with Crippen molar-refractivity contribution in [3.8, 4) is 0 Å². The first kappa shape index (κ1) is 17.6. The predicted molar refractivity (Wildman–Crippen MR) is 101 cm³/mol. The number of hydrogen-bond acceptors (Lipinski definition) is 2. The molecule has 0 aromatic carbocycles. The molecule has 0 radical (unpaired) electrons. The van der Waals surface area contributed by atoms with Crippen molar-refractivity contribution in [1.82, 2.24) is 0 Å². The lowest BCUT2D eigenvalue weighted by Crippen LogP contribution is -2.50. The molecule has 2 nitrogen and oxygen atoms in total. The van der Waals surface area contributed by atoms with Crippen LogP contribution < -0.4 is 0 Å². The monoisotopic (exact) mass is 344 g/mol. The quantitative estimate of drug-likeness (QED) is 0.460. The van der Waals surface area contributed by atoms with Crippen molar-refractivity contribution in [2.24, 2.45) is 34.5 Å². The van der Waals surface area contributed by atoms with Crippen LogP contribution in [0.1, 0.15) is 85.5 Å². The van der Waals surface area contributed by atoms with E-state index < -0.39 is 0 Å². The lowest BCUT2D eigenvalue weighted by atomic mass is 9.47. The fourth-order valence-corrected chi connectivity index (χ4v) is 7.74. The van der Waals surface area contributed by atoms with Gasteiger partial charge >= 0.3 is 5.97 Å². The summed E-state index contributed by atoms with van der Waals surface area (Å²) in [6.45, 7) is 9.11. The summed E-state index contributed by atoms with van der Waals surface area (Å²) in [6.07, 6.45) is 14.4. The van der Waals surface area contributed by atoms with Crippen LogP contribution in [-0.4, -0.2) is 12.1 Å². The van der Waals surface area contributed by atoms with E-state index in [0.717, 1.165) is 36.5 Å². The third-order valence-corrected chi connectivity index (χ3v) is 9.08. The molecule has 0 aromatic heterocycles. The number of allylic oxidation sites excluding steroid dienone is 1. The van der Waals surface area contributed by atoms with Crippen LogP contribution in [0.15, 0.2) is 11.6 Å².